The second-order valence-electron chi connectivity index (χ2n) is 6.26. The lowest BCUT2D eigenvalue weighted by Crippen LogP contribution is -2.18. The number of hydrogen-bond donors (Lipinski definition) is 1. The van der Waals surface area contributed by atoms with Crippen LogP contribution in [0.5, 0.6) is 5.75 Å². The van der Waals surface area contributed by atoms with Crippen molar-refractivity contribution in [1.82, 2.24) is 15.1 Å². The normalized spacial score (nSPS) is 12.2. The molecule has 0 spiro atoms. The minimum Gasteiger partial charge on any atom is -0.494 e. The highest BCUT2D eigenvalue weighted by atomic mass is 19.1. The van der Waals surface area contributed by atoms with Crippen molar-refractivity contribution >= 4 is 0 Å². The van der Waals surface area contributed by atoms with Crippen LogP contribution in [0.4, 0.5) is 4.39 Å². The maximum Gasteiger partial charge on any atom is 0.125 e. The first-order chi connectivity index (χ1) is 12.6. The molecule has 1 heterocycles. The summed E-state index contributed by atoms with van der Waals surface area (Å²) < 4.78 is 20.8. The number of benzene rings is 2. The van der Waals surface area contributed by atoms with E-state index in [4.69, 9.17) is 4.74 Å². The number of ether oxygens (including phenoxy) is 1. The van der Waals surface area contributed by atoms with Crippen LogP contribution in [0.2, 0.25) is 0 Å². The van der Waals surface area contributed by atoms with Crippen LogP contribution in [0.3, 0.4) is 0 Å². The molecular formula is C21H24FN3O. The van der Waals surface area contributed by atoms with Crippen LogP contribution >= 0.6 is 0 Å². The van der Waals surface area contributed by atoms with Crippen LogP contribution in [0.25, 0.3) is 5.69 Å². The Hall–Kier alpha value is -2.66. The highest BCUT2D eigenvalue weighted by molar-refractivity contribution is 5.36. The monoisotopic (exact) mass is 353 g/mol. The first-order valence-corrected chi connectivity index (χ1v) is 8.84. The van der Waals surface area contributed by atoms with Gasteiger partial charge in [0.05, 0.1) is 18.5 Å². The molecule has 1 atom stereocenters. The third-order valence-electron chi connectivity index (χ3n) is 4.39. The Bertz CT molecular complexity index is 875. The third-order valence-corrected chi connectivity index (χ3v) is 4.39. The predicted molar refractivity (Wildman–Crippen MR) is 101 cm³/mol. The Labute approximate surface area is 153 Å². The maximum atomic E-state index is 13.5. The number of rotatable bonds is 7. The van der Waals surface area contributed by atoms with Crippen LogP contribution in [-0.4, -0.2) is 16.4 Å². The quantitative estimate of drug-likeness (QED) is 0.676. The molecule has 1 N–H and O–H groups in total. The van der Waals surface area contributed by atoms with Crippen molar-refractivity contribution in [1.29, 1.82) is 0 Å². The summed E-state index contributed by atoms with van der Waals surface area (Å²) >= 11 is 0. The van der Waals surface area contributed by atoms with Gasteiger partial charge in [-0.15, -0.1) is 0 Å². The van der Waals surface area contributed by atoms with E-state index < -0.39 is 0 Å². The highest BCUT2D eigenvalue weighted by Crippen LogP contribution is 2.21. The zero-order valence-electron chi connectivity index (χ0n) is 15.4. The summed E-state index contributed by atoms with van der Waals surface area (Å²) in [7, 11) is 0. The molecule has 26 heavy (non-hydrogen) atoms. The average Bonchev–Trinajstić information content (AvgIpc) is 3.02. The molecule has 136 valence electrons. The van der Waals surface area contributed by atoms with E-state index in [9.17, 15) is 4.39 Å². The standard InChI is InChI=1S/C21H24FN3O/c1-4-26-20-10-5-7-17(11-20)13-23-15(2)21-14-24-25(16(21)3)19-9-6-8-18(22)12-19/h5-12,14-15,23H,4,13H2,1-3H3/t15-/m0/s1. The summed E-state index contributed by atoms with van der Waals surface area (Å²) in [5.74, 6) is 0.619. The van der Waals surface area contributed by atoms with E-state index in [1.54, 1.807) is 10.7 Å². The van der Waals surface area contributed by atoms with Gasteiger partial charge >= 0.3 is 0 Å². The van der Waals surface area contributed by atoms with Gasteiger partial charge in [0, 0.05) is 23.8 Å². The van der Waals surface area contributed by atoms with E-state index >= 15 is 0 Å². The summed E-state index contributed by atoms with van der Waals surface area (Å²) in [5, 5.41) is 7.95. The lowest BCUT2D eigenvalue weighted by atomic mass is 10.1. The van der Waals surface area contributed by atoms with Crippen LogP contribution in [0.15, 0.2) is 54.7 Å². The van der Waals surface area contributed by atoms with Gasteiger partial charge < -0.3 is 10.1 Å². The number of hydrogen-bond acceptors (Lipinski definition) is 3. The molecule has 0 aliphatic carbocycles. The second kappa shape index (κ2) is 8.15. The first-order valence-electron chi connectivity index (χ1n) is 8.84. The molecule has 0 saturated carbocycles. The Kier molecular flexibility index (Phi) is 5.68. The fraction of sp³-hybridized carbons (Fsp3) is 0.286. The number of nitrogens with zero attached hydrogens (tertiary/aromatic N) is 2. The minimum atomic E-state index is -0.265. The molecule has 1 aromatic heterocycles. The maximum absolute atomic E-state index is 13.5. The second-order valence-corrected chi connectivity index (χ2v) is 6.26. The van der Waals surface area contributed by atoms with E-state index in [1.165, 1.54) is 12.1 Å². The van der Waals surface area contributed by atoms with Gasteiger partial charge in [0.2, 0.25) is 0 Å². The fourth-order valence-corrected chi connectivity index (χ4v) is 3.01. The van der Waals surface area contributed by atoms with Gasteiger partial charge in [-0.2, -0.15) is 5.10 Å². The molecule has 0 radical (unpaired) electrons. The van der Waals surface area contributed by atoms with Gasteiger partial charge in [-0.1, -0.05) is 18.2 Å². The van der Waals surface area contributed by atoms with Crippen molar-refractivity contribution in [3.63, 3.8) is 0 Å². The highest BCUT2D eigenvalue weighted by Gasteiger charge is 2.14. The first kappa shape index (κ1) is 18.1. The molecule has 5 heteroatoms. The van der Waals surface area contributed by atoms with Gasteiger partial charge in [0.15, 0.2) is 0 Å². The van der Waals surface area contributed by atoms with E-state index in [1.807, 2.05) is 44.3 Å². The summed E-state index contributed by atoms with van der Waals surface area (Å²) in [6, 6.07) is 14.7. The molecule has 4 nitrogen and oxygen atoms in total. The lowest BCUT2D eigenvalue weighted by Gasteiger charge is -2.15. The minimum absolute atomic E-state index is 0.119. The van der Waals surface area contributed by atoms with Crippen molar-refractivity contribution in [2.75, 3.05) is 6.61 Å². The molecule has 0 fully saturated rings. The van der Waals surface area contributed by atoms with Crippen molar-refractivity contribution in [2.24, 2.45) is 0 Å². The molecule has 3 rings (SSSR count). The number of nitrogens with one attached hydrogen (secondary N) is 1. The molecule has 0 aliphatic heterocycles. The van der Waals surface area contributed by atoms with Gasteiger partial charge in [-0.25, -0.2) is 9.07 Å². The molecular weight excluding hydrogens is 329 g/mol. The molecule has 0 amide bonds. The van der Waals surface area contributed by atoms with Crippen LogP contribution in [-0.2, 0) is 6.54 Å². The summed E-state index contributed by atoms with van der Waals surface area (Å²) in [6.45, 7) is 7.47. The largest absolute Gasteiger partial charge is 0.494 e. The van der Waals surface area contributed by atoms with Crippen molar-refractivity contribution in [3.8, 4) is 11.4 Å². The smallest absolute Gasteiger partial charge is 0.125 e. The molecule has 0 unspecified atom stereocenters. The SMILES string of the molecule is CCOc1cccc(CN[C@@H](C)c2cnn(-c3cccc(F)c3)c2C)c1. The average molecular weight is 353 g/mol. The van der Waals surface area contributed by atoms with Crippen LogP contribution < -0.4 is 10.1 Å². The summed E-state index contributed by atoms with van der Waals surface area (Å²) in [4.78, 5) is 0. The summed E-state index contributed by atoms with van der Waals surface area (Å²) in [5.41, 5.74) is 3.98. The number of halogens is 1. The zero-order chi connectivity index (χ0) is 18.5. The Morgan fingerprint density at radius 1 is 1.19 bits per heavy atom. The molecule has 0 aliphatic rings. The Morgan fingerprint density at radius 2 is 2.00 bits per heavy atom. The molecule has 0 saturated heterocycles. The van der Waals surface area contributed by atoms with Crippen LogP contribution in [0, 0.1) is 12.7 Å². The van der Waals surface area contributed by atoms with Crippen molar-refractivity contribution < 1.29 is 9.13 Å². The predicted octanol–water partition coefficient (Wildman–Crippen LogP) is 4.57. The topological polar surface area (TPSA) is 39.1 Å². The van der Waals surface area contributed by atoms with Gasteiger partial charge in [-0.3, -0.25) is 0 Å². The van der Waals surface area contributed by atoms with Crippen LogP contribution in [0.1, 0.15) is 36.7 Å². The van der Waals surface area contributed by atoms with Gasteiger partial charge in [-0.05, 0) is 56.7 Å². The lowest BCUT2D eigenvalue weighted by molar-refractivity contribution is 0.339. The number of aromatic nitrogens is 2. The molecule has 2 aromatic carbocycles. The zero-order valence-corrected chi connectivity index (χ0v) is 15.4. The van der Waals surface area contributed by atoms with E-state index in [2.05, 4.69) is 23.4 Å². The molecule has 0 bridgehead atoms. The third kappa shape index (κ3) is 4.11. The van der Waals surface area contributed by atoms with E-state index in [0.29, 0.717) is 6.61 Å². The van der Waals surface area contributed by atoms with Gasteiger partial charge in [0.25, 0.3) is 0 Å². The Balaban J connectivity index is 1.71. The Morgan fingerprint density at radius 3 is 2.77 bits per heavy atom. The fourth-order valence-electron chi connectivity index (χ4n) is 3.01. The van der Waals surface area contributed by atoms with Gasteiger partial charge in [0.1, 0.15) is 11.6 Å². The molecule has 3 aromatic rings. The van der Waals surface area contributed by atoms with E-state index in [0.717, 1.165) is 34.8 Å². The van der Waals surface area contributed by atoms with Crippen molar-refractivity contribution in [2.45, 2.75) is 33.4 Å². The van der Waals surface area contributed by atoms with E-state index in [-0.39, 0.29) is 11.9 Å². The van der Waals surface area contributed by atoms with Crippen molar-refractivity contribution in [3.05, 3.63) is 77.4 Å². The summed E-state index contributed by atoms with van der Waals surface area (Å²) in [6.07, 6.45) is 1.84.